The van der Waals surface area contributed by atoms with Crippen LogP contribution >= 0.6 is 0 Å². The predicted octanol–water partition coefficient (Wildman–Crippen LogP) is 2.67. The average molecular weight is 319 g/mol. The summed E-state index contributed by atoms with van der Waals surface area (Å²) in [6.45, 7) is 0.515. The normalized spacial score (nSPS) is 10.2. The Hall–Kier alpha value is -3.34. The molecule has 0 saturated carbocycles. The standard InChI is InChI=1S/C19H17N3O2/c23-19(17-10-7-13-21(24)15-17)20-22(18-11-5-2-6-12-18)14-16-8-3-1-4-9-16/h1-13,15H,14H2,(H,20,23). The lowest BCUT2D eigenvalue weighted by molar-refractivity contribution is -0.605. The van der Waals surface area contributed by atoms with Gasteiger partial charge in [-0.3, -0.25) is 15.2 Å². The van der Waals surface area contributed by atoms with Crippen LogP contribution in [0.1, 0.15) is 15.9 Å². The molecule has 120 valence electrons. The van der Waals surface area contributed by atoms with Crippen LogP contribution in [-0.2, 0) is 6.54 Å². The van der Waals surface area contributed by atoms with Gasteiger partial charge in [0.05, 0.1) is 12.2 Å². The largest absolute Gasteiger partial charge is 0.619 e. The summed E-state index contributed by atoms with van der Waals surface area (Å²) in [6, 6.07) is 22.6. The van der Waals surface area contributed by atoms with Gasteiger partial charge in [-0.25, -0.2) is 0 Å². The molecular formula is C19H17N3O2. The number of carbonyl (C=O) groups excluding carboxylic acids is 1. The van der Waals surface area contributed by atoms with Crippen LogP contribution in [-0.4, -0.2) is 5.91 Å². The molecule has 0 atom stereocenters. The number of pyridine rings is 1. The molecule has 0 spiro atoms. The molecule has 2 aromatic carbocycles. The third-order valence-corrected chi connectivity index (χ3v) is 3.53. The summed E-state index contributed by atoms with van der Waals surface area (Å²) in [7, 11) is 0. The molecule has 24 heavy (non-hydrogen) atoms. The van der Waals surface area contributed by atoms with Crippen LogP contribution in [0.4, 0.5) is 5.69 Å². The lowest BCUT2D eigenvalue weighted by Gasteiger charge is -2.25. The summed E-state index contributed by atoms with van der Waals surface area (Å²) in [5.41, 5.74) is 5.10. The molecule has 1 N–H and O–H groups in total. The molecule has 0 radical (unpaired) electrons. The summed E-state index contributed by atoms with van der Waals surface area (Å²) in [5.74, 6) is -0.333. The van der Waals surface area contributed by atoms with Gasteiger partial charge in [-0.05, 0) is 23.8 Å². The Labute approximate surface area is 140 Å². The van der Waals surface area contributed by atoms with Crippen LogP contribution in [0.5, 0.6) is 0 Å². The van der Waals surface area contributed by atoms with Crippen LogP contribution < -0.4 is 15.2 Å². The molecule has 0 unspecified atom stereocenters. The maximum absolute atomic E-state index is 12.5. The first-order chi connectivity index (χ1) is 11.7. The maximum Gasteiger partial charge on any atom is 0.275 e. The van der Waals surface area contributed by atoms with E-state index in [1.54, 1.807) is 17.1 Å². The van der Waals surface area contributed by atoms with Crippen molar-refractivity contribution in [1.82, 2.24) is 5.43 Å². The molecule has 3 rings (SSSR count). The van der Waals surface area contributed by atoms with Gasteiger partial charge in [-0.2, -0.15) is 4.73 Å². The number of nitrogens with zero attached hydrogens (tertiary/aromatic N) is 2. The first-order valence-electron chi connectivity index (χ1n) is 7.59. The van der Waals surface area contributed by atoms with Crippen molar-refractivity contribution >= 4 is 11.6 Å². The van der Waals surface area contributed by atoms with Crippen LogP contribution in [0.2, 0.25) is 0 Å². The second kappa shape index (κ2) is 7.28. The molecule has 0 aliphatic rings. The Morgan fingerprint density at radius 1 is 0.958 bits per heavy atom. The van der Waals surface area contributed by atoms with E-state index in [1.165, 1.54) is 12.4 Å². The minimum Gasteiger partial charge on any atom is -0.619 e. The zero-order valence-electron chi connectivity index (χ0n) is 13.0. The van der Waals surface area contributed by atoms with E-state index in [9.17, 15) is 10.0 Å². The number of aromatic nitrogens is 1. The van der Waals surface area contributed by atoms with E-state index < -0.39 is 0 Å². The number of benzene rings is 2. The van der Waals surface area contributed by atoms with Crippen molar-refractivity contribution in [1.29, 1.82) is 0 Å². The molecule has 0 fully saturated rings. The van der Waals surface area contributed by atoms with Crippen molar-refractivity contribution in [3.8, 4) is 0 Å². The summed E-state index contributed by atoms with van der Waals surface area (Å²) in [4.78, 5) is 12.5. The van der Waals surface area contributed by atoms with E-state index >= 15 is 0 Å². The van der Waals surface area contributed by atoms with Crippen LogP contribution in [0, 0.1) is 5.21 Å². The quantitative estimate of drug-likeness (QED) is 0.447. The third kappa shape index (κ3) is 3.89. The second-order valence-electron chi connectivity index (χ2n) is 5.30. The Bertz CT molecular complexity index is 807. The molecule has 0 aliphatic heterocycles. The highest BCUT2D eigenvalue weighted by Crippen LogP contribution is 2.15. The number of carbonyl (C=O) groups is 1. The SMILES string of the molecule is O=C(NN(Cc1ccccc1)c1ccccc1)c1ccc[n+]([O-])c1. The van der Waals surface area contributed by atoms with Crippen LogP contribution in [0.25, 0.3) is 0 Å². The van der Waals surface area contributed by atoms with E-state index in [0.717, 1.165) is 11.3 Å². The van der Waals surface area contributed by atoms with Crippen LogP contribution in [0.15, 0.2) is 85.2 Å². The number of nitrogens with one attached hydrogen (secondary N) is 1. The van der Waals surface area contributed by atoms with Gasteiger partial charge in [0.15, 0.2) is 12.4 Å². The minimum atomic E-state index is -0.333. The number of anilines is 1. The fourth-order valence-corrected chi connectivity index (χ4v) is 2.35. The van der Waals surface area contributed by atoms with E-state index in [-0.39, 0.29) is 5.91 Å². The van der Waals surface area contributed by atoms with E-state index in [1.807, 2.05) is 60.7 Å². The molecule has 5 heteroatoms. The summed E-state index contributed by atoms with van der Waals surface area (Å²) >= 11 is 0. The van der Waals surface area contributed by atoms with Gasteiger partial charge in [0, 0.05) is 6.07 Å². The highest BCUT2D eigenvalue weighted by molar-refractivity contribution is 5.94. The molecule has 0 bridgehead atoms. The molecule has 1 amide bonds. The Kier molecular flexibility index (Phi) is 4.72. The van der Waals surface area contributed by atoms with Crippen molar-refractivity contribution in [2.75, 3.05) is 5.01 Å². The molecule has 1 heterocycles. The van der Waals surface area contributed by atoms with Crippen molar-refractivity contribution in [3.63, 3.8) is 0 Å². The number of hydrazine groups is 1. The molecule has 5 nitrogen and oxygen atoms in total. The maximum atomic E-state index is 12.5. The highest BCUT2D eigenvalue weighted by atomic mass is 16.5. The lowest BCUT2D eigenvalue weighted by Crippen LogP contribution is -2.42. The molecule has 0 saturated heterocycles. The van der Waals surface area contributed by atoms with Gasteiger partial charge in [0.1, 0.15) is 5.56 Å². The number of para-hydroxylation sites is 1. The van der Waals surface area contributed by atoms with Gasteiger partial charge in [-0.1, -0.05) is 48.5 Å². The monoisotopic (exact) mass is 319 g/mol. The third-order valence-electron chi connectivity index (χ3n) is 3.53. The number of amides is 1. The molecular weight excluding hydrogens is 302 g/mol. The van der Waals surface area contributed by atoms with Gasteiger partial charge in [-0.15, -0.1) is 0 Å². The summed E-state index contributed by atoms with van der Waals surface area (Å²) in [6.07, 6.45) is 2.59. The van der Waals surface area contributed by atoms with E-state index in [0.29, 0.717) is 16.8 Å². The van der Waals surface area contributed by atoms with Gasteiger partial charge < -0.3 is 5.21 Å². The van der Waals surface area contributed by atoms with Crippen molar-refractivity contribution < 1.29 is 9.52 Å². The van der Waals surface area contributed by atoms with Crippen LogP contribution in [0.3, 0.4) is 0 Å². The van der Waals surface area contributed by atoms with Crippen molar-refractivity contribution in [2.45, 2.75) is 6.54 Å². The Morgan fingerprint density at radius 2 is 1.62 bits per heavy atom. The van der Waals surface area contributed by atoms with Crippen molar-refractivity contribution in [3.05, 3.63) is 102 Å². The zero-order valence-corrected chi connectivity index (χ0v) is 13.0. The average Bonchev–Trinajstić information content (AvgIpc) is 2.63. The first kappa shape index (κ1) is 15.6. The Balaban J connectivity index is 1.83. The lowest BCUT2D eigenvalue weighted by atomic mass is 10.2. The minimum absolute atomic E-state index is 0.307. The molecule has 0 aliphatic carbocycles. The van der Waals surface area contributed by atoms with Gasteiger partial charge in [0.2, 0.25) is 0 Å². The number of hydrogen-bond acceptors (Lipinski definition) is 3. The zero-order chi connectivity index (χ0) is 16.8. The fourth-order valence-electron chi connectivity index (χ4n) is 2.35. The fraction of sp³-hybridized carbons (Fsp3) is 0.0526. The van der Waals surface area contributed by atoms with Crippen molar-refractivity contribution in [2.24, 2.45) is 0 Å². The summed E-state index contributed by atoms with van der Waals surface area (Å²) < 4.78 is 0.610. The number of hydrogen-bond donors (Lipinski definition) is 1. The van der Waals surface area contributed by atoms with Gasteiger partial charge >= 0.3 is 0 Å². The van der Waals surface area contributed by atoms with E-state index in [2.05, 4.69) is 5.43 Å². The van der Waals surface area contributed by atoms with E-state index in [4.69, 9.17) is 0 Å². The molecule has 3 aromatic rings. The summed E-state index contributed by atoms with van der Waals surface area (Å²) in [5, 5.41) is 13.1. The smallest absolute Gasteiger partial charge is 0.275 e. The topological polar surface area (TPSA) is 59.3 Å². The second-order valence-corrected chi connectivity index (χ2v) is 5.30. The molecule has 1 aromatic heterocycles. The Morgan fingerprint density at radius 3 is 2.29 bits per heavy atom. The number of rotatable bonds is 5. The predicted molar refractivity (Wildman–Crippen MR) is 91.9 cm³/mol. The highest BCUT2D eigenvalue weighted by Gasteiger charge is 2.14. The van der Waals surface area contributed by atoms with Gasteiger partial charge in [0.25, 0.3) is 5.91 Å². The first-order valence-corrected chi connectivity index (χ1v) is 7.59.